The van der Waals surface area contributed by atoms with Crippen molar-refractivity contribution in [3.63, 3.8) is 0 Å². The first kappa shape index (κ1) is 19.9. The van der Waals surface area contributed by atoms with Crippen LogP contribution in [0.5, 0.6) is 0 Å². The Bertz CT molecular complexity index is 374. The molecule has 0 aromatic carbocycles. The van der Waals surface area contributed by atoms with E-state index in [0.717, 1.165) is 18.5 Å². The van der Waals surface area contributed by atoms with E-state index in [1.165, 1.54) is 0 Å². The average molecular weight is 326 g/mol. The van der Waals surface area contributed by atoms with Gasteiger partial charge in [0.2, 0.25) is 0 Å². The van der Waals surface area contributed by atoms with Crippen LogP contribution in [0, 0.1) is 0 Å². The summed E-state index contributed by atoms with van der Waals surface area (Å²) in [6.07, 6.45) is 2.85. The molecule has 0 bridgehead atoms. The number of rotatable bonds is 4. The Morgan fingerprint density at radius 2 is 1.11 bits per heavy atom. The Morgan fingerprint density at radius 3 is 1.26 bits per heavy atom. The SMILES string of the molecule is CCP(CC)(CC)=[P+]([O-])P(=O)(C(C)(C)C)C(C)(C)C. The molecule has 1 atom stereocenters. The zero-order valence-electron chi connectivity index (χ0n) is 14.3. The summed E-state index contributed by atoms with van der Waals surface area (Å²) in [6.45, 7) is 14.0. The third kappa shape index (κ3) is 3.40. The number of hydrogen-bond acceptors (Lipinski definition) is 2. The minimum Gasteiger partial charge on any atom is -0.629 e. The molecule has 0 aromatic heterocycles. The highest BCUT2D eigenvalue weighted by molar-refractivity contribution is 8.46. The average Bonchev–Trinajstić information content (AvgIpc) is 2.27. The molecule has 0 aliphatic carbocycles. The maximum atomic E-state index is 13.8. The van der Waals surface area contributed by atoms with Crippen molar-refractivity contribution in [2.24, 2.45) is 0 Å². The van der Waals surface area contributed by atoms with E-state index in [0.29, 0.717) is 0 Å². The van der Waals surface area contributed by atoms with Crippen molar-refractivity contribution in [1.29, 1.82) is 0 Å². The Morgan fingerprint density at radius 1 is 0.842 bits per heavy atom. The van der Waals surface area contributed by atoms with Crippen molar-refractivity contribution in [2.75, 3.05) is 18.5 Å². The summed E-state index contributed by atoms with van der Waals surface area (Å²) in [5.74, 6) is 0. The third-order valence-corrected chi connectivity index (χ3v) is 28.0. The van der Waals surface area contributed by atoms with Gasteiger partial charge in [-0.15, -0.1) is 0 Å². The molecule has 0 N–H and O–H groups in total. The maximum absolute atomic E-state index is 13.8. The van der Waals surface area contributed by atoms with E-state index in [-0.39, 0.29) is 10.3 Å². The maximum Gasteiger partial charge on any atom is 0.265 e. The number of hydrogen-bond donors (Lipinski definition) is 0. The second-order valence-corrected chi connectivity index (χ2v) is 23.0. The lowest BCUT2D eigenvalue weighted by atomic mass is 10.2. The first-order valence-electron chi connectivity index (χ1n) is 7.28. The van der Waals surface area contributed by atoms with Gasteiger partial charge in [0.05, 0.1) is 24.0 Å². The molecule has 0 heterocycles. The topological polar surface area (TPSA) is 40.1 Å². The van der Waals surface area contributed by atoms with Crippen molar-refractivity contribution in [2.45, 2.75) is 72.6 Å². The molecule has 0 aliphatic rings. The summed E-state index contributed by atoms with van der Waals surface area (Å²) in [5.41, 5.74) is 0. The van der Waals surface area contributed by atoms with E-state index in [9.17, 15) is 9.46 Å². The van der Waals surface area contributed by atoms with Crippen LogP contribution in [-0.4, -0.2) is 28.8 Å². The van der Waals surface area contributed by atoms with Gasteiger partial charge < -0.3 is 4.89 Å². The molecular weight excluding hydrogens is 293 g/mol. The van der Waals surface area contributed by atoms with Gasteiger partial charge in [0.25, 0.3) is 6.83 Å². The van der Waals surface area contributed by atoms with E-state index in [2.05, 4.69) is 20.8 Å². The van der Waals surface area contributed by atoms with Crippen LogP contribution in [0.2, 0.25) is 0 Å². The molecule has 0 rings (SSSR count). The molecule has 0 saturated carbocycles. The minimum atomic E-state index is -2.79. The van der Waals surface area contributed by atoms with Gasteiger partial charge in [0.1, 0.15) is 0 Å². The normalized spacial score (nSPS) is 15.6. The van der Waals surface area contributed by atoms with Gasteiger partial charge in [-0.3, -0.25) is 4.57 Å². The molecule has 5 heteroatoms. The van der Waals surface area contributed by atoms with Crippen LogP contribution >= 0.6 is 20.5 Å². The molecule has 0 fully saturated rings. The minimum absolute atomic E-state index is 0.385. The molecule has 2 nitrogen and oxygen atoms in total. The van der Waals surface area contributed by atoms with Gasteiger partial charge in [0, 0.05) is 0 Å². The highest BCUT2D eigenvalue weighted by atomic mass is 32.3. The summed E-state index contributed by atoms with van der Waals surface area (Å²) in [6, 6.07) is 0. The Kier molecular flexibility index (Phi) is 6.66. The Labute approximate surface area is 121 Å². The van der Waals surface area contributed by atoms with E-state index in [1.807, 2.05) is 41.5 Å². The van der Waals surface area contributed by atoms with Gasteiger partial charge in [-0.05, 0) is 60.0 Å². The van der Waals surface area contributed by atoms with Crippen molar-refractivity contribution in [3.05, 3.63) is 0 Å². The van der Waals surface area contributed by atoms with E-state index >= 15 is 0 Å². The van der Waals surface area contributed by atoms with Crippen LogP contribution < -0.4 is 4.89 Å². The van der Waals surface area contributed by atoms with Crippen LogP contribution in [-0.2, 0) is 4.57 Å². The van der Waals surface area contributed by atoms with Gasteiger partial charge in [-0.1, -0.05) is 20.8 Å². The standard InChI is InChI=1S/C14H33O2P3/c1-10-18(11-2,12-3)17(15)19(16,13(4,5)6)14(7,8)9/h10-12H2,1-9H3. The first-order chi connectivity index (χ1) is 8.34. The van der Waals surface area contributed by atoms with Gasteiger partial charge in [0.15, 0.2) is 0 Å². The van der Waals surface area contributed by atoms with Crippen molar-refractivity contribution < 1.29 is 9.46 Å². The summed E-state index contributed by atoms with van der Waals surface area (Å²) >= 11 is 0. The lowest BCUT2D eigenvalue weighted by Crippen LogP contribution is -2.28. The lowest BCUT2D eigenvalue weighted by Gasteiger charge is -2.40. The Hall–Kier alpha value is 0.920. The van der Waals surface area contributed by atoms with Crippen LogP contribution in [0.15, 0.2) is 0 Å². The monoisotopic (exact) mass is 326 g/mol. The predicted molar refractivity (Wildman–Crippen MR) is 92.6 cm³/mol. The fourth-order valence-electron chi connectivity index (χ4n) is 2.82. The van der Waals surface area contributed by atoms with E-state index in [4.69, 9.17) is 0 Å². The van der Waals surface area contributed by atoms with E-state index < -0.39 is 20.5 Å². The van der Waals surface area contributed by atoms with Crippen LogP contribution in [0.3, 0.4) is 0 Å². The molecular formula is C14H33O2P3. The summed E-state index contributed by atoms with van der Waals surface area (Å²) in [5, 5.41) is -0.771. The zero-order chi connectivity index (χ0) is 15.7. The Balaban J connectivity index is 6.55. The van der Waals surface area contributed by atoms with Crippen LogP contribution in [0.25, 0.3) is 0 Å². The molecule has 0 spiro atoms. The molecule has 19 heavy (non-hydrogen) atoms. The molecule has 1 unspecified atom stereocenters. The summed E-state index contributed by atoms with van der Waals surface area (Å²) < 4.78 is 13.8. The van der Waals surface area contributed by atoms with Crippen LogP contribution in [0.4, 0.5) is 0 Å². The fourth-order valence-corrected chi connectivity index (χ4v) is 28.4. The third-order valence-electron chi connectivity index (χ3n) is 4.19. The van der Waals surface area contributed by atoms with Crippen molar-refractivity contribution in [3.8, 4) is 0 Å². The molecule has 0 amide bonds. The van der Waals surface area contributed by atoms with Gasteiger partial charge in [-0.2, -0.15) is 0 Å². The largest absolute Gasteiger partial charge is 0.629 e. The quantitative estimate of drug-likeness (QED) is 0.630. The lowest BCUT2D eigenvalue weighted by molar-refractivity contribution is -0.147. The fraction of sp³-hybridized carbons (Fsp3) is 1.00. The zero-order valence-corrected chi connectivity index (χ0v) is 17.0. The van der Waals surface area contributed by atoms with Crippen molar-refractivity contribution in [1.82, 2.24) is 0 Å². The molecule has 116 valence electrons. The smallest absolute Gasteiger partial charge is 0.265 e. The van der Waals surface area contributed by atoms with Crippen molar-refractivity contribution >= 4 is 20.5 Å². The second-order valence-electron chi connectivity index (χ2n) is 7.21. The summed E-state index contributed by atoms with van der Waals surface area (Å²) in [7, 11) is -1.63. The summed E-state index contributed by atoms with van der Waals surface area (Å²) in [4.78, 5) is 13.4. The molecule has 0 aromatic rings. The predicted octanol–water partition coefficient (Wildman–Crippen LogP) is 5.61. The van der Waals surface area contributed by atoms with Crippen LogP contribution in [0.1, 0.15) is 62.3 Å². The van der Waals surface area contributed by atoms with Gasteiger partial charge >= 0.3 is 0 Å². The first-order valence-corrected chi connectivity index (χ1v) is 14.0. The molecule has 0 aliphatic heterocycles. The molecule has 0 radical (unpaired) electrons. The molecule has 0 saturated heterocycles. The van der Waals surface area contributed by atoms with E-state index in [1.54, 1.807) is 0 Å². The second kappa shape index (κ2) is 6.36. The van der Waals surface area contributed by atoms with Gasteiger partial charge in [-0.25, -0.2) is 0 Å². The highest BCUT2D eigenvalue weighted by Gasteiger charge is 2.55. The highest BCUT2D eigenvalue weighted by Crippen LogP contribution is 2.88.